The monoisotopic (exact) mass is 457 g/mol. The van der Waals surface area contributed by atoms with E-state index in [0.29, 0.717) is 16.3 Å². The SMILES string of the molecule is CS(=O)(=O)N1CCN(C(=O)c2ccc(S(=O)(=O)Nc3ccc(Cl)cc3)cc2)CC1. The average molecular weight is 458 g/mol. The Hall–Kier alpha value is -2.14. The number of carbonyl (C=O) groups excluding carboxylic acids is 1. The molecule has 8 nitrogen and oxygen atoms in total. The lowest BCUT2D eigenvalue weighted by atomic mass is 10.2. The molecule has 1 N–H and O–H groups in total. The van der Waals surface area contributed by atoms with Crippen LogP contribution in [0.4, 0.5) is 5.69 Å². The molecule has 1 aliphatic heterocycles. The maximum atomic E-state index is 12.6. The molecule has 0 aromatic heterocycles. The third-order valence-electron chi connectivity index (χ3n) is 4.50. The molecule has 3 rings (SSSR count). The molecule has 11 heteroatoms. The van der Waals surface area contributed by atoms with Crippen LogP contribution >= 0.6 is 11.6 Å². The van der Waals surface area contributed by atoms with Gasteiger partial charge in [0, 0.05) is 42.5 Å². The summed E-state index contributed by atoms with van der Waals surface area (Å²) in [6, 6.07) is 11.9. The number of halogens is 1. The van der Waals surface area contributed by atoms with Crippen LogP contribution in [0.3, 0.4) is 0 Å². The second-order valence-corrected chi connectivity index (χ2v) is 10.7. The number of carbonyl (C=O) groups is 1. The van der Waals surface area contributed by atoms with Crippen LogP contribution < -0.4 is 4.72 Å². The summed E-state index contributed by atoms with van der Waals surface area (Å²) in [5.74, 6) is -0.271. The van der Waals surface area contributed by atoms with E-state index in [4.69, 9.17) is 11.6 Å². The van der Waals surface area contributed by atoms with E-state index in [1.165, 1.54) is 28.6 Å². The molecule has 2 aromatic rings. The zero-order chi connectivity index (χ0) is 21.2. The Morgan fingerprint density at radius 3 is 1.97 bits per heavy atom. The zero-order valence-corrected chi connectivity index (χ0v) is 18.0. The summed E-state index contributed by atoms with van der Waals surface area (Å²) in [7, 11) is -7.08. The number of amides is 1. The lowest BCUT2D eigenvalue weighted by Gasteiger charge is -2.33. The van der Waals surface area contributed by atoms with Crippen LogP contribution in [0.15, 0.2) is 53.4 Å². The number of piperazine rings is 1. The van der Waals surface area contributed by atoms with E-state index in [1.54, 1.807) is 29.2 Å². The lowest BCUT2D eigenvalue weighted by molar-refractivity contribution is 0.0698. The molecular formula is C18H20ClN3O5S2. The highest BCUT2D eigenvalue weighted by atomic mass is 35.5. The molecule has 29 heavy (non-hydrogen) atoms. The van der Waals surface area contributed by atoms with E-state index < -0.39 is 20.0 Å². The minimum absolute atomic E-state index is 0.0193. The highest BCUT2D eigenvalue weighted by Crippen LogP contribution is 2.19. The fourth-order valence-electron chi connectivity index (χ4n) is 2.91. The predicted octanol–water partition coefficient (Wildman–Crippen LogP) is 1.86. The Morgan fingerprint density at radius 1 is 0.897 bits per heavy atom. The molecule has 0 bridgehead atoms. The van der Waals surface area contributed by atoms with Crippen molar-refractivity contribution >= 4 is 43.2 Å². The zero-order valence-electron chi connectivity index (χ0n) is 15.6. The summed E-state index contributed by atoms with van der Waals surface area (Å²) in [5.41, 5.74) is 0.710. The van der Waals surface area contributed by atoms with Crippen molar-refractivity contribution in [3.05, 3.63) is 59.1 Å². The van der Waals surface area contributed by atoms with E-state index in [-0.39, 0.29) is 37.0 Å². The normalized spacial score (nSPS) is 15.9. The van der Waals surface area contributed by atoms with Crippen LogP contribution in [-0.2, 0) is 20.0 Å². The first-order valence-electron chi connectivity index (χ1n) is 8.69. The molecule has 1 amide bonds. The van der Waals surface area contributed by atoms with Crippen molar-refractivity contribution in [2.24, 2.45) is 0 Å². The Balaban J connectivity index is 1.68. The van der Waals surface area contributed by atoms with Crippen molar-refractivity contribution in [2.75, 3.05) is 37.2 Å². The molecular weight excluding hydrogens is 438 g/mol. The Bertz CT molecular complexity index is 1090. The van der Waals surface area contributed by atoms with E-state index in [9.17, 15) is 21.6 Å². The first-order valence-corrected chi connectivity index (χ1v) is 12.4. The van der Waals surface area contributed by atoms with Gasteiger partial charge in [0.1, 0.15) is 0 Å². The largest absolute Gasteiger partial charge is 0.336 e. The number of nitrogens with zero attached hydrogens (tertiary/aromatic N) is 2. The smallest absolute Gasteiger partial charge is 0.261 e. The van der Waals surface area contributed by atoms with Crippen molar-refractivity contribution in [2.45, 2.75) is 4.90 Å². The van der Waals surface area contributed by atoms with Gasteiger partial charge in [-0.25, -0.2) is 16.8 Å². The number of sulfonamides is 2. The molecule has 1 fully saturated rings. The van der Waals surface area contributed by atoms with Crippen molar-refractivity contribution in [3.63, 3.8) is 0 Å². The third kappa shape index (κ3) is 5.27. The number of anilines is 1. The molecule has 0 aliphatic carbocycles. The first kappa shape index (κ1) is 21.6. The Morgan fingerprint density at radius 2 is 1.45 bits per heavy atom. The highest BCUT2D eigenvalue weighted by Gasteiger charge is 2.26. The first-order chi connectivity index (χ1) is 13.6. The maximum Gasteiger partial charge on any atom is 0.261 e. The number of rotatable bonds is 5. The second kappa shape index (κ2) is 8.31. The van der Waals surface area contributed by atoms with Crippen LogP contribution in [0.5, 0.6) is 0 Å². The minimum atomic E-state index is -3.81. The number of nitrogens with one attached hydrogen (secondary N) is 1. The highest BCUT2D eigenvalue weighted by molar-refractivity contribution is 7.92. The molecule has 2 aromatic carbocycles. The van der Waals surface area contributed by atoms with Crippen LogP contribution in [0.25, 0.3) is 0 Å². The van der Waals surface area contributed by atoms with Gasteiger partial charge < -0.3 is 4.90 Å². The van der Waals surface area contributed by atoms with Gasteiger partial charge in [-0.2, -0.15) is 4.31 Å². The van der Waals surface area contributed by atoms with Crippen LogP contribution in [-0.4, -0.2) is 64.4 Å². The number of hydrogen-bond donors (Lipinski definition) is 1. The lowest BCUT2D eigenvalue weighted by Crippen LogP contribution is -2.50. The van der Waals surface area contributed by atoms with Crippen LogP contribution in [0.1, 0.15) is 10.4 Å². The molecule has 0 unspecified atom stereocenters. The van der Waals surface area contributed by atoms with E-state index in [1.807, 2.05) is 0 Å². The summed E-state index contributed by atoms with van der Waals surface area (Å²) in [6.45, 7) is 1.04. The van der Waals surface area contributed by atoms with Gasteiger partial charge in [0.05, 0.1) is 11.2 Å². The van der Waals surface area contributed by atoms with Crippen molar-refractivity contribution in [3.8, 4) is 0 Å². The summed E-state index contributed by atoms with van der Waals surface area (Å²) in [4.78, 5) is 14.2. The van der Waals surface area contributed by atoms with Crippen molar-refractivity contribution in [1.29, 1.82) is 0 Å². The molecule has 0 atom stereocenters. The van der Waals surface area contributed by atoms with Gasteiger partial charge >= 0.3 is 0 Å². The van der Waals surface area contributed by atoms with Gasteiger partial charge in [0.25, 0.3) is 15.9 Å². The summed E-state index contributed by atoms with van der Waals surface area (Å²) in [6.07, 6.45) is 1.14. The van der Waals surface area contributed by atoms with Gasteiger partial charge in [-0.15, -0.1) is 0 Å². The molecule has 1 heterocycles. The molecule has 0 radical (unpaired) electrons. The number of benzene rings is 2. The van der Waals surface area contributed by atoms with E-state index in [0.717, 1.165) is 6.26 Å². The topological polar surface area (TPSA) is 104 Å². The molecule has 0 spiro atoms. The Kier molecular flexibility index (Phi) is 6.18. The third-order valence-corrected chi connectivity index (χ3v) is 7.46. The van der Waals surface area contributed by atoms with Gasteiger partial charge in [0.2, 0.25) is 10.0 Å². The van der Waals surface area contributed by atoms with Gasteiger partial charge in [0.15, 0.2) is 0 Å². The summed E-state index contributed by atoms with van der Waals surface area (Å²) >= 11 is 5.80. The average Bonchev–Trinajstić information content (AvgIpc) is 2.68. The quantitative estimate of drug-likeness (QED) is 0.738. The van der Waals surface area contributed by atoms with Gasteiger partial charge in [-0.3, -0.25) is 9.52 Å². The number of hydrogen-bond acceptors (Lipinski definition) is 5. The van der Waals surface area contributed by atoms with E-state index in [2.05, 4.69) is 4.72 Å². The minimum Gasteiger partial charge on any atom is -0.336 e. The molecule has 0 saturated carbocycles. The van der Waals surface area contributed by atoms with Gasteiger partial charge in [-0.05, 0) is 48.5 Å². The molecule has 1 saturated heterocycles. The van der Waals surface area contributed by atoms with Crippen LogP contribution in [0, 0.1) is 0 Å². The standard InChI is InChI=1S/C18H20ClN3O5S2/c1-28(24,25)22-12-10-21(11-13-22)18(23)14-2-8-17(9-3-14)29(26,27)20-16-6-4-15(19)5-7-16/h2-9,20H,10-13H2,1H3. The summed E-state index contributed by atoms with van der Waals surface area (Å²) in [5, 5.41) is 0.494. The fraction of sp³-hybridized carbons (Fsp3) is 0.278. The molecule has 1 aliphatic rings. The second-order valence-electron chi connectivity index (χ2n) is 6.59. The van der Waals surface area contributed by atoms with Gasteiger partial charge in [-0.1, -0.05) is 11.6 Å². The van der Waals surface area contributed by atoms with Crippen molar-refractivity contribution in [1.82, 2.24) is 9.21 Å². The van der Waals surface area contributed by atoms with Crippen LogP contribution in [0.2, 0.25) is 5.02 Å². The van der Waals surface area contributed by atoms with E-state index >= 15 is 0 Å². The fourth-order valence-corrected chi connectivity index (χ4v) is 4.93. The predicted molar refractivity (Wildman–Crippen MR) is 111 cm³/mol. The molecule has 156 valence electrons. The maximum absolute atomic E-state index is 12.6. The van der Waals surface area contributed by atoms with Crippen molar-refractivity contribution < 1.29 is 21.6 Å². The Labute approximate surface area is 175 Å². The summed E-state index contributed by atoms with van der Waals surface area (Å²) < 4.78 is 51.9.